The number of carbonyl (C=O) groups is 1. The van der Waals surface area contributed by atoms with Crippen molar-refractivity contribution in [2.45, 2.75) is 32.2 Å². The van der Waals surface area contributed by atoms with Crippen LogP contribution in [-0.2, 0) is 4.79 Å². The molecule has 0 aliphatic carbocycles. The molecule has 2 N–H and O–H groups in total. The molecule has 1 heterocycles. The zero-order chi connectivity index (χ0) is 15.6. The minimum atomic E-state index is -0.445. The summed E-state index contributed by atoms with van der Waals surface area (Å²) < 4.78 is 0. The van der Waals surface area contributed by atoms with Crippen LogP contribution < -0.4 is 5.73 Å². The van der Waals surface area contributed by atoms with Gasteiger partial charge in [-0.25, -0.2) is 0 Å². The maximum atomic E-state index is 12.6. The molecule has 3 atom stereocenters. The number of benzene rings is 1. The monoisotopic (exact) mass is 291 g/mol. The van der Waals surface area contributed by atoms with Gasteiger partial charge < -0.3 is 10.6 Å². The number of likely N-dealkylation sites (tertiary alicyclic amines) is 1. The Balaban J connectivity index is 2.15. The van der Waals surface area contributed by atoms with Gasteiger partial charge in [0.05, 0.1) is 10.8 Å². The number of nitrogens with zero attached hydrogens (tertiary/aromatic N) is 2. The lowest BCUT2D eigenvalue weighted by atomic mass is 9.93. The molecule has 21 heavy (non-hydrogen) atoms. The average molecular weight is 291 g/mol. The molecule has 2 rings (SSSR count). The summed E-state index contributed by atoms with van der Waals surface area (Å²) in [5.41, 5.74) is 6.65. The van der Waals surface area contributed by atoms with E-state index in [4.69, 9.17) is 5.73 Å². The quantitative estimate of drug-likeness (QED) is 0.680. The van der Waals surface area contributed by atoms with Crippen LogP contribution in [0.5, 0.6) is 0 Å². The van der Waals surface area contributed by atoms with Crippen molar-refractivity contribution in [3.8, 4) is 0 Å². The molecule has 1 saturated heterocycles. The number of nitrogens with two attached hydrogens (primary N) is 1. The van der Waals surface area contributed by atoms with Crippen LogP contribution in [0.3, 0.4) is 0 Å². The molecule has 0 spiro atoms. The molecule has 1 aliphatic heterocycles. The largest absolute Gasteiger partial charge is 0.340 e. The van der Waals surface area contributed by atoms with Crippen molar-refractivity contribution in [2.24, 2.45) is 11.7 Å². The van der Waals surface area contributed by atoms with E-state index in [1.165, 1.54) is 12.1 Å². The Morgan fingerprint density at radius 3 is 2.81 bits per heavy atom. The topological polar surface area (TPSA) is 89.5 Å². The Kier molecular flexibility index (Phi) is 4.57. The second-order valence-corrected chi connectivity index (χ2v) is 5.92. The van der Waals surface area contributed by atoms with Crippen molar-refractivity contribution in [2.75, 3.05) is 13.1 Å². The first-order valence-corrected chi connectivity index (χ1v) is 7.17. The molecule has 3 unspecified atom stereocenters. The number of hydrogen-bond donors (Lipinski definition) is 1. The predicted molar refractivity (Wildman–Crippen MR) is 79.8 cm³/mol. The van der Waals surface area contributed by atoms with Gasteiger partial charge >= 0.3 is 0 Å². The van der Waals surface area contributed by atoms with E-state index in [0.717, 1.165) is 6.42 Å². The number of piperidine rings is 1. The van der Waals surface area contributed by atoms with E-state index in [1.807, 2.05) is 0 Å². The maximum Gasteiger partial charge on any atom is 0.269 e. The highest BCUT2D eigenvalue weighted by atomic mass is 16.6. The molecule has 1 aromatic carbocycles. The molecular formula is C15H21N3O3. The van der Waals surface area contributed by atoms with Gasteiger partial charge in [0.1, 0.15) is 0 Å². The van der Waals surface area contributed by atoms with Crippen molar-refractivity contribution in [1.29, 1.82) is 0 Å². The normalized spacial score (nSPS) is 23.7. The van der Waals surface area contributed by atoms with E-state index in [-0.39, 0.29) is 17.6 Å². The molecule has 1 aromatic rings. The van der Waals surface area contributed by atoms with Crippen molar-refractivity contribution in [1.82, 2.24) is 4.90 Å². The summed E-state index contributed by atoms with van der Waals surface area (Å²) in [4.78, 5) is 24.7. The standard InChI is InChI=1S/C15H21N3O3/c1-10-6-13(16)9-17(8-10)15(19)11(2)12-4-3-5-14(7-12)18(20)21/h3-5,7,10-11,13H,6,8-9,16H2,1-2H3. The zero-order valence-electron chi connectivity index (χ0n) is 12.4. The zero-order valence-corrected chi connectivity index (χ0v) is 12.4. The van der Waals surface area contributed by atoms with Gasteiger partial charge in [0.15, 0.2) is 0 Å². The van der Waals surface area contributed by atoms with Crippen LogP contribution >= 0.6 is 0 Å². The maximum absolute atomic E-state index is 12.6. The van der Waals surface area contributed by atoms with Gasteiger partial charge in [-0.15, -0.1) is 0 Å². The molecule has 1 amide bonds. The number of nitro groups is 1. The highest BCUT2D eigenvalue weighted by Gasteiger charge is 2.29. The molecule has 0 aromatic heterocycles. The van der Waals surface area contributed by atoms with Crippen LogP contribution in [0.4, 0.5) is 5.69 Å². The summed E-state index contributed by atoms with van der Waals surface area (Å²) in [5, 5.41) is 10.8. The van der Waals surface area contributed by atoms with Crippen LogP contribution in [0, 0.1) is 16.0 Å². The summed E-state index contributed by atoms with van der Waals surface area (Å²) in [6.45, 7) is 5.12. The second kappa shape index (κ2) is 6.22. The number of rotatable bonds is 3. The van der Waals surface area contributed by atoms with Gasteiger partial charge in [-0.2, -0.15) is 0 Å². The Morgan fingerprint density at radius 1 is 1.48 bits per heavy atom. The van der Waals surface area contributed by atoms with Crippen molar-refractivity contribution in [3.63, 3.8) is 0 Å². The molecule has 6 heteroatoms. The summed E-state index contributed by atoms with van der Waals surface area (Å²) in [6, 6.07) is 6.27. The van der Waals surface area contributed by atoms with Crippen molar-refractivity contribution < 1.29 is 9.72 Å². The van der Waals surface area contributed by atoms with Crippen LogP contribution in [0.2, 0.25) is 0 Å². The lowest BCUT2D eigenvalue weighted by Gasteiger charge is -2.36. The molecular weight excluding hydrogens is 270 g/mol. The van der Waals surface area contributed by atoms with Crippen molar-refractivity contribution in [3.05, 3.63) is 39.9 Å². The summed E-state index contributed by atoms with van der Waals surface area (Å²) >= 11 is 0. The SMILES string of the molecule is CC1CC(N)CN(C(=O)C(C)c2cccc([N+](=O)[O-])c2)C1. The number of hydrogen-bond acceptors (Lipinski definition) is 4. The third kappa shape index (κ3) is 3.58. The smallest absolute Gasteiger partial charge is 0.269 e. The average Bonchev–Trinajstić information content (AvgIpc) is 2.44. The van der Waals surface area contributed by atoms with E-state index in [0.29, 0.717) is 24.6 Å². The fourth-order valence-electron chi connectivity index (χ4n) is 2.90. The Morgan fingerprint density at radius 2 is 2.19 bits per heavy atom. The minimum Gasteiger partial charge on any atom is -0.340 e. The minimum absolute atomic E-state index is 0.00927. The van der Waals surface area contributed by atoms with Gasteiger partial charge in [0, 0.05) is 31.3 Å². The van der Waals surface area contributed by atoms with E-state index >= 15 is 0 Å². The van der Waals surface area contributed by atoms with Gasteiger partial charge in [-0.3, -0.25) is 14.9 Å². The molecule has 0 saturated carbocycles. The molecule has 114 valence electrons. The predicted octanol–water partition coefficient (Wildman–Crippen LogP) is 1.89. The third-order valence-electron chi connectivity index (χ3n) is 3.96. The Labute approximate surface area is 124 Å². The fraction of sp³-hybridized carbons (Fsp3) is 0.533. The second-order valence-electron chi connectivity index (χ2n) is 5.92. The van der Waals surface area contributed by atoms with E-state index in [1.54, 1.807) is 24.0 Å². The molecule has 1 fully saturated rings. The molecule has 0 bridgehead atoms. The van der Waals surface area contributed by atoms with E-state index < -0.39 is 10.8 Å². The summed E-state index contributed by atoms with van der Waals surface area (Å²) in [6.07, 6.45) is 0.926. The highest BCUT2D eigenvalue weighted by Crippen LogP contribution is 2.25. The van der Waals surface area contributed by atoms with E-state index in [2.05, 4.69) is 6.92 Å². The number of nitro benzene ring substituents is 1. The van der Waals surface area contributed by atoms with Crippen LogP contribution in [0.1, 0.15) is 31.7 Å². The van der Waals surface area contributed by atoms with Gasteiger partial charge in [-0.05, 0) is 24.8 Å². The molecule has 6 nitrogen and oxygen atoms in total. The first-order chi connectivity index (χ1) is 9.88. The summed E-state index contributed by atoms with van der Waals surface area (Å²) in [7, 11) is 0. The Bertz CT molecular complexity index is 537. The number of carbonyl (C=O) groups excluding carboxylic acids is 1. The fourth-order valence-corrected chi connectivity index (χ4v) is 2.90. The number of amides is 1. The Hall–Kier alpha value is -1.95. The highest BCUT2D eigenvalue weighted by molar-refractivity contribution is 5.83. The molecule has 1 aliphatic rings. The lowest BCUT2D eigenvalue weighted by Crippen LogP contribution is -2.49. The van der Waals surface area contributed by atoms with E-state index in [9.17, 15) is 14.9 Å². The first kappa shape index (κ1) is 15.4. The summed E-state index contributed by atoms with van der Waals surface area (Å²) in [5.74, 6) is -0.0325. The van der Waals surface area contributed by atoms with Crippen molar-refractivity contribution >= 4 is 11.6 Å². The van der Waals surface area contributed by atoms with Crippen LogP contribution in [-0.4, -0.2) is 34.9 Å². The van der Waals surface area contributed by atoms with Gasteiger partial charge in [0.25, 0.3) is 5.69 Å². The first-order valence-electron chi connectivity index (χ1n) is 7.17. The van der Waals surface area contributed by atoms with Crippen LogP contribution in [0.15, 0.2) is 24.3 Å². The van der Waals surface area contributed by atoms with Crippen LogP contribution in [0.25, 0.3) is 0 Å². The third-order valence-corrected chi connectivity index (χ3v) is 3.96. The van der Waals surface area contributed by atoms with Gasteiger partial charge in [-0.1, -0.05) is 19.1 Å². The number of non-ortho nitro benzene ring substituents is 1. The molecule has 0 radical (unpaired) electrons. The van der Waals surface area contributed by atoms with Gasteiger partial charge in [0.2, 0.25) is 5.91 Å². The lowest BCUT2D eigenvalue weighted by molar-refractivity contribution is -0.384.